The van der Waals surface area contributed by atoms with E-state index in [2.05, 4.69) is 10.2 Å². The summed E-state index contributed by atoms with van der Waals surface area (Å²) in [6.07, 6.45) is 1.84. The standard InChI is InChI=1S/C21H24ClN3O3/c1-28-19-11-16(22)6-9-18(19)21(27)24-17-7-4-14(5-8-17)12-25-10-2-3-15(13-25)20(23)26/h4-9,11,15H,2-3,10,12-13H2,1H3,(H2,23,26)(H,24,27). The number of hydrogen-bond acceptors (Lipinski definition) is 4. The van der Waals surface area contributed by atoms with Crippen molar-refractivity contribution in [2.75, 3.05) is 25.5 Å². The van der Waals surface area contributed by atoms with Gasteiger partial charge in [0.25, 0.3) is 5.91 Å². The van der Waals surface area contributed by atoms with Crippen molar-refractivity contribution in [3.63, 3.8) is 0 Å². The van der Waals surface area contributed by atoms with E-state index in [1.54, 1.807) is 18.2 Å². The van der Waals surface area contributed by atoms with Gasteiger partial charge in [0.1, 0.15) is 5.75 Å². The fourth-order valence-electron chi connectivity index (χ4n) is 3.43. The molecular weight excluding hydrogens is 378 g/mol. The third-order valence-electron chi connectivity index (χ3n) is 4.93. The number of rotatable bonds is 6. The molecule has 2 aromatic carbocycles. The molecule has 3 N–H and O–H groups in total. The highest BCUT2D eigenvalue weighted by molar-refractivity contribution is 6.31. The molecule has 6 nitrogen and oxygen atoms in total. The molecule has 0 aromatic heterocycles. The Morgan fingerprint density at radius 3 is 2.68 bits per heavy atom. The van der Waals surface area contributed by atoms with Crippen molar-refractivity contribution in [1.82, 2.24) is 4.90 Å². The van der Waals surface area contributed by atoms with Crippen molar-refractivity contribution in [3.8, 4) is 5.75 Å². The van der Waals surface area contributed by atoms with Gasteiger partial charge in [-0.2, -0.15) is 0 Å². The number of methoxy groups -OCH3 is 1. The molecular formula is C21H24ClN3O3. The van der Waals surface area contributed by atoms with Crippen LogP contribution < -0.4 is 15.8 Å². The number of anilines is 1. The van der Waals surface area contributed by atoms with Crippen LogP contribution in [0.15, 0.2) is 42.5 Å². The molecule has 1 aliphatic rings. The van der Waals surface area contributed by atoms with Crippen LogP contribution >= 0.6 is 11.6 Å². The van der Waals surface area contributed by atoms with Crippen LogP contribution in [0.4, 0.5) is 5.69 Å². The first-order valence-electron chi connectivity index (χ1n) is 9.22. The number of amides is 2. The highest BCUT2D eigenvalue weighted by Crippen LogP contribution is 2.24. The molecule has 1 unspecified atom stereocenters. The molecule has 3 rings (SSSR count). The average Bonchev–Trinajstić information content (AvgIpc) is 2.69. The van der Waals surface area contributed by atoms with Crippen LogP contribution in [-0.2, 0) is 11.3 Å². The molecule has 2 aromatic rings. The molecule has 1 heterocycles. The largest absolute Gasteiger partial charge is 0.496 e. The lowest BCUT2D eigenvalue weighted by atomic mass is 9.97. The molecule has 2 amide bonds. The fraction of sp³-hybridized carbons (Fsp3) is 0.333. The van der Waals surface area contributed by atoms with Crippen LogP contribution in [0.2, 0.25) is 5.02 Å². The van der Waals surface area contributed by atoms with Crippen LogP contribution in [0, 0.1) is 5.92 Å². The van der Waals surface area contributed by atoms with Crippen molar-refractivity contribution >= 4 is 29.1 Å². The summed E-state index contributed by atoms with van der Waals surface area (Å²) in [7, 11) is 1.50. The molecule has 28 heavy (non-hydrogen) atoms. The van der Waals surface area contributed by atoms with Gasteiger partial charge in [0, 0.05) is 23.8 Å². The Labute approximate surface area is 169 Å². The first-order valence-corrected chi connectivity index (χ1v) is 9.59. The van der Waals surface area contributed by atoms with Crippen LogP contribution in [0.25, 0.3) is 0 Å². The Bertz CT molecular complexity index is 854. The number of ether oxygens (including phenoxy) is 1. The number of nitrogens with one attached hydrogen (secondary N) is 1. The van der Waals surface area contributed by atoms with E-state index < -0.39 is 0 Å². The van der Waals surface area contributed by atoms with E-state index in [0.717, 1.165) is 31.5 Å². The lowest BCUT2D eigenvalue weighted by Crippen LogP contribution is -2.40. The summed E-state index contributed by atoms with van der Waals surface area (Å²) in [5.41, 5.74) is 7.67. The second kappa shape index (κ2) is 9.08. The third-order valence-corrected chi connectivity index (χ3v) is 5.17. The number of likely N-dealkylation sites (tertiary alicyclic amines) is 1. The SMILES string of the molecule is COc1cc(Cl)ccc1C(=O)Nc1ccc(CN2CCCC(C(N)=O)C2)cc1. The maximum Gasteiger partial charge on any atom is 0.259 e. The number of carbonyl (C=O) groups is 2. The molecule has 1 fully saturated rings. The number of nitrogens with zero attached hydrogens (tertiary/aromatic N) is 1. The monoisotopic (exact) mass is 401 g/mol. The number of primary amides is 1. The van der Waals surface area contributed by atoms with Gasteiger partial charge >= 0.3 is 0 Å². The molecule has 0 spiro atoms. The zero-order chi connectivity index (χ0) is 20.1. The van der Waals surface area contributed by atoms with E-state index in [1.807, 2.05) is 24.3 Å². The number of piperidine rings is 1. The summed E-state index contributed by atoms with van der Waals surface area (Å²) in [4.78, 5) is 26.2. The minimum Gasteiger partial charge on any atom is -0.496 e. The van der Waals surface area contributed by atoms with E-state index in [4.69, 9.17) is 22.1 Å². The fourth-order valence-corrected chi connectivity index (χ4v) is 3.60. The third kappa shape index (κ3) is 5.03. The number of carbonyl (C=O) groups excluding carboxylic acids is 2. The van der Waals surface area contributed by atoms with Gasteiger partial charge < -0.3 is 15.8 Å². The van der Waals surface area contributed by atoms with Crippen LogP contribution in [0.5, 0.6) is 5.75 Å². The minimum absolute atomic E-state index is 0.0679. The maximum absolute atomic E-state index is 12.5. The van der Waals surface area contributed by atoms with Crippen molar-refractivity contribution in [1.29, 1.82) is 0 Å². The van der Waals surface area contributed by atoms with Crippen molar-refractivity contribution < 1.29 is 14.3 Å². The van der Waals surface area contributed by atoms with E-state index in [0.29, 0.717) is 28.6 Å². The zero-order valence-electron chi connectivity index (χ0n) is 15.8. The van der Waals surface area contributed by atoms with Gasteiger partial charge in [-0.1, -0.05) is 23.7 Å². The normalized spacial score (nSPS) is 17.1. The number of halogens is 1. The number of hydrogen-bond donors (Lipinski definition) is 2. The second-order valence-electron chi connectivity index (χ2n) is 6.97. The van der Waals surface area contributed by atoms with Gasteiger partial charge in [0.05, 0.1) is 18.6 Å². The van der Waals surface area contributed by atoms with Gasteiger partial charge in [-0.3, -0.25) is 14.5 Å². The quantitative estimate of drug-likeness (QED) is 0.777. The summed E-state index contributed by atoms with van der Waals surface area (Å²) in [5, 5.41) is 3.38. The Balaban J connectivity index is 1.61. The Morgan fingerprint density at radius 2 is 2.00 bits per heavy atom. The van der Waals surface area contributed by atoms with Gasteiger partial charge in [0.2, 0.25) is 5.91 Å². The van der Waals surface area contributed by atoms with E-state index >= 15 is 0 Å². The van der Waals surface area contributed by atoms with Gasteiger partial charge in [-0.25, -0.2) is 0 Å². The van der Waals surface area contributed by atoms with Crippen LogP contribution in [-0.4, -0.2) is 36.9 Å². The molecule has 7 heteroatoms. The summed E-state index contributed by atoms with van der Waals surface area (Å²) in [5.74, 6) is -0.126. The van der Waals surface area contributed by atoms with Crippen LogP contribution in [0.1, 0.15) is 28.8 Å². The Morgan fingerprint density at radius 1 is 1.25 bits per heavy atom. The average molecular weight is 402 g/mol. The van der Waals surface area contributed by atoms with Crippen molar-refractivity contribution in [2.45, 2.75) is 19.4 Å². The zero-order valence-corrected chi connectivity index (χ0v) is 16.5. The predicted octanol–water partition coefficient (Wildman–Crippen LogP) is 3.30. The van der Waals surface area contributed by atoms with E-state index in [1.165, 1.54) is 7.11 Å². The number of nitrogens with two attached hydrogens (primary N) is 1. The molecule has 1 saturated heterocycles. The Kier molecular flexibility index (Phi) is 6.54. The number of benzene rings is 2. The second-order valence-corrected chi connectivity index (χ2v) is 7.41. The molecule has 148 valence electrons. The van der Waals surface area contributed by atoms with Gasteiger partial charge in [-0.15, -0.1) is 0 Å². The first kappa shape index (κ1) is 20.2. The molecule has 0 aliphatic carbocycles. The summed E-state index contributed by atoms with van der Waals surface area (Å²) in [6.45, 7) is 2.41. The molecule has 0 saturated carbocycles. The Hall–Kier alpha value is -2.57. The van der Waals surface area contributed by atoms with E-state index in [-0.39, 0.29) is 17.7 Å². The minimum atomic E-state index is -0.262. The summed E-state index contributed by atoms with van der Waals surface area (Å²) >= 11 is 5.94. The maximum atomic E-state index is 12.5. The predicted molar refractivity (Wildman–Crippen MR) is 110 cm³/mol. The smallest absolute Gasteiger partial charge is 0.259 e. The van der Waals surface area contributed by atoms with Crippen molar-refractivity contribution in [2.24, 2.45) is 11.7 Å². The first-order chi connectivity index (χ1) is 13.5. The van der Waals surface area contributed by atoms with Gasteiger partial charge in [0.15, 0.2) is 0 Å². The molecule has 1 atom stereocenters. The highest BCUT2D eigenvalue weighted by Gasteiger charge is 2.23. The lowest BCUT2D eigenvalue weighted by molar-refractivity contribution is -0.123. The summed E-state index contributed by atoms with van der Waals surface area (Å²) in [6, 6.07) is 12.6. The lowest BCUT2D eigenvalue weighted by Gasteiger charge is -2.31. The molecule has 0 bridgehead atoms. The summed E-state index contributed by atoms with van der Waals surface area (Å²) < 4.78 is 5.23. The molecule has 0 radical (unpaired) electrons. The van der Waals surface area contributed by atoms with Gasteiger partial charge in [-0.05, 0) is 55.3 Å². The van der Waals surface area contributed by atoms with Crippen LogP contribution in [0.3, 0.4) is 0 Å². The highest BCUT2D eigenvalue weighted by atomic mass is 35.5. The topological polar surface area (TPSA) is 84.7 Å². The van der Waals surface area contributed by atoms with E-state index in [9.17, 15) is 9.59 Å². The van der Waals surface area contributed by atoms with Crippen molar-refractivity contribution in [3.05, 3.63) is 58.6 Å². The molecule has 1 aliphatic heterocycles.